The van der Waals surface area contributed by atoms with Gasteiger partial charge in [0.15, 0.2) is 0 Å². The SMILES string of the molecule is CCC1CCC(=C2CCC(CCC(F)(F)F)CC2)CC1. The van der Waals surface area contributed by atoms with Gasteiger partial charge >= 0.3 is 6.18 Å². The Bertz CT molecular complexity index is 321. The monoisotopic (exact) mass is 288 g/mol. The molecule has 0 aromatic rings. The minimum atomic E-state index is -3.97. The summed E-state index contributed by atoms with van der Waals surface area (Å²) in [5, 5.41) is 0. The summed E-state index contributed by atoms with van der Waals surface area (Å²) < 4.78 is 36.7. The van der Waals surface area contributed by atoms with Crippen molar-refractivity contribution in [2.24, 2.45) is 11.8 Å². The highest BCUT2D eigenvalue weighted by Gasteiger charge is 2.29. The second-order valence-electron chi connectivity index (χ2n) is 6.66. The Morgan fingerprint density at radius 3 is 1.70 bits per heavy atom. The van der Waals surface area contributed by atoms with Crippen LogP contribution in [-0.2, 0) is 0 Å². The van der Waals surface area contributed by atoms with Crippen molar-refractivity contribution in [2.75, 3.05) is 0 Å². The van der Waals surface area contributed by atoms with Crippen LogP contribution in [0.4, 0.5) is 13.2 Å². The Morgan fingerprint density at radius 1 is 0.850 bits per heavy atom. The van der Waals surface area contributed by atoms with E-state index in [9.17, 15) is 13.2 Å². The Balaban J connectivity index is 1.76. The van der Waals surface area contributed by atoms with Crippen molar-refractivity contribution in [3.63, 3.8) is 0 Å². The van der Waals surface area contributed by atoms with Gasteiger partial charge in [-0.25, -0.2) is 0 Å². The molecule has 0 aliphatic heterocycles. The summed E-state index contributed by atoms with van der Waals surface area (Å²) in [6.07, 6.45) is 6.30. The highest BCUT2D eigenvalue weighted by Crippen LogP contribution is 2.39. The summed E-state index contributed by atoms with van der Waals surface area (Å²) in [6.45, 7) is 2.27. The first-order valence-corrected chi connectivity index (χ1v) is 8.24. The summed E-state index contributed by atoms with van der Waals surface area (Å²) in [6, 6.07) is 0. The average Bonchev–Trinajstić information content (AvgIpc) is 2.45. The van der Waals surface area contributed by atoms with E-state index in [1.165, 1.54) is 32.1 Å². The van der Waals surface area contributed by atoms with E-state index in [-0.39, 0.29) is 0 Å². The van der Waals surface area contributed by atoms with Crippen molar-refractivity contribution in [3.8, 4) is 0 Å². The van der Waals surface area contributed by atoms with E-state index in [0.29, 0.717) is 12.3 Å². The number of halogens is 3. The minimum absolute atomic E-state index is 0.299. The van der Waals surface area contributed by atoms with Crippen LogP contribution in [0.2, 0.25) is 0 Å². The molecule has 3 heteroatoms. The molecule has 0 aromatic heterocycles. The molecule has 0 heterocycles. The number of hydrogen-bond acceptors (Lipinski definition) is 0. The zero-order valence-corrected chi connectivity index (χ0v) is 12.6. The average molecular weight is 288 g/mol. The molecule has 2 aliphatic carbocycles. The van der Waals surface area contributed by atoms with Gasteiger partial charge in [0.25, 0.3) is 0 Å². The Labute approximate surface area is 120 Å². The molecule has 0 unspecified atom stereocenters. The first kappa shape index (κ1) is 15.9. The van der Waals surface area contributed by atoms with Gasteiger partial charge < -0.3 is 0 Å². The molecule has 2 saturated carbocycles. The fourth-order valence-electron chi connectivity index (χ4n) is 3.82. The molecular formula is C17H27F3. The van der Waals surface area contributed by atoms with E-state index in [2.05, 4.69) is 6.92 Å². The molecule has 0 spiro atoms. The van der Waals surface area contributed by atoms with Crippen LogP contribution < -0.4 is 0 Å². The maximum absolute atomic E-state index is 12.2. The van der Waals surface area contributed by atoms with Gasteiger partial charge in [-0.2, -0.15) is 13.2 Å². The zero-order valence-electron chi connectivity index (χ0n) is 12.6. The van der Waals surface area contributed by atoms with Crippen molar-refractivity contribution in [2.45, 2.75) is 83.7 Å². The van der Waals surface area contributed by atoms with E-state index < -0.39 is 12.6 Å². The van der Waals surface area contributed by atoms with Crippen LogP contribution in [0.25, 0.3) is 0 Å². The lowest BCUT2D eigenvalue weighted by molar-refractivity contribution is -0.137. The molecule has 2 aliphatic rings. The van der Waals surface area contributed by atoms with Crippen LogP contribution in [0.1, 0.15) is 77.6 Å². The number of alkyl halides is 3. The van der Waals surface area contributed by atoms with Crippen molar-refractivity contribution in [3.05, 3.63) is 11.1 Å². The summed E-state index contributed by atoms with van der Waals surface area (Å²) in [7, 11) is 0. The van der Waals surface area contributed by atoms with Gasteiger partial charge in [-0.1, -0.05) is 24.5 Å². The highest BCUT2D eigenvalue weighted by atomic mass is 19.4. The second-order valence-corrected chi connectivity index (χ2v) is 6.66. The van der Waals surface area contributed by atoms with Gasteiger partial charge in [-0.3, -0.25) is 0 Å². The zero-order chi connectivity index (χ0) is 14.6. The molecule has 0 aromatic carbocycles. The lowest BCUT2D eigenvalue weighted by Crippen LogP contribution is -2.16. The molecule has 116 valence electrons. The minimum Gasteiger partial charge on any atom is -0.171 e. The predicted molar refractivity (Wildman–Crippen MR) is 76.5 cm³/mol. The summed E-state index contributed by atoms with van der Waals surface area (Å²) in [5.41, 5.74) is 3.26. The molecule has 0 nitrogen and oxygen atoms in total. The predicted octanol–water partition coefficient (Wildman–Crippen LogP) is 6.42. The normalized spacial score (nSPS) is 28.8. The molecule has 0 saturated heterocycles. The maximum Gasteiger partial charge on any atom is 0.389 e. The third kappa shape index (κ3) is 4.82. The summed E-state index contributed by atoms with van der Waals surface area (Å²) in [4.78, 5) is 0. The van der Waals surface area contributed by atoms with Gasteiger partial charge in [0.05, 0.1) is 0 Å². The fourth-order valence-corrected chi connectivity index (χ4v) is 3.82. The lowest BCUT2D eigenvalue weighted by Gasteiger charge is -2.30. The third-order valence-corrected chi connectivity index (χ3v) is 5.33. The first-order chi connectivity index (χ1) is 9.48. The molecule has 2 fully saturated rings. The fraction of sp³-hybridized carbons (Fsp3) is 0.882. The number of rotatable bonds is 3. The van der Waals surface area contributed by atoms with E-state index >= 15 is 0 Å². The quantitative estimate of drug-likeness (QED) is 0.526. The molecule has 20 heavy (non-hydrogen) atoms. The molecule has 0 bridgehead atoms. The highest BCUT2D eigenvalue weighted by molar-refractivity contribution is 5.18. The topological polar surface area (TPSA) is 0 Å². The van der Waals surface area contributed by atoms with Crippen molar-refractivity contribution < 1.29 is 13.2 Å². The van der Waals surface area contributed by atoms with Crippen molar-refractivity contribution >= 4 is 0 Å². The summed E-state index contributed by atoms with van der Waals surface area (Å²) >= 11 is 0. The lowest BCUT2D eigenvalue weighted by atomic mass is 9.76. The maximum atomic E-state index is 12.2. The molecular weight excluding hydrogens is 261 g/mol. The molecule has 0 amide bonds. The van der Waals surface area contributed by atoms with Crippen LogP contribution in [0.15, 0.2) is 11.1 Å². The number of hydrogen-bond donors (Lipinski definition) is 0. The van der Waals surface area contributed by atoms with Crippen LogP contribution in [0.3, 0.4) is 0 Å². The standard InChI is InChI=1S/C17H27F3/c1-2-13-3-7-15(8-4-13)16-9-5-14(6-10-16)11-12-17(18,19)20/h13-14H,2-12H2,1H3. The molecule has 0 atom stereocenters. The van der Waals surface area contributed by atoms with E-state index in [4.69, 9.17) is 0 Å². The van der Waals surface area contributed by atoms with Crippen LogP contribution in [-0.4, -0.2) is 6.18 Å². The van der Waals surface area contributed by atoms with Gasteiger partial charge in [0.2, 0.25) is 0 Å². The van der Waals surface area contributed by atoms with E-state index in [1.54, 1.807) is 11.1 Å². The number of allylic oxidation sites excluding steroid dienone is 2. The Hall–Kier alpha value is -0.470. The van der Waals surface area contributed by atoms with E-state index in [1.807, 2.05) is 0 Å². The Morgan fingerprint density at radius 2 is 1.30 bits per heavy atom. The second kappa shape index (κ2) is 7.00. The largest absolute Gasteiger partial charge is 0.389 e. The molecule has 0 N–H and O–H groups in total. The van der Waals surface area contributed by atoms with E-state index in [0.717, 1.165) is 31.6 Å². The summed E-state index contributed by atoms with van der Waals surface area (Å²) in [5.74, 6) is 1.20. The van der Waals surface area contributed by atoms with Crippen molar-refractivity contribution in [1.82, 2.24) is 0 Å². The van der Waals surface area contributed by atoms with Gasteiger partial charge in [-0.05, 0) is 69.6 Å². The van der Waals surface area contributed by atoms with Crippen LogP contribution >= 0.6 is 0 Å². The van der Waals surface area contributed by atoms with Crippen molar-refractivity contribution in [1.29, 1.82) is 0 Å². The van der Waals surface area contributed by atoms with Gasteiger partial charge in [0.1, 0.15) is 0 Å². The van der Waals surface area contributed by atoms with Gasteiger partial charge in [-0.15, -0.1) is 0 Å². The Kier molecular flexibility index (Phi) is 5.57. The molecule has 0 radical (unpaired) electrons. The van der Waals surface area contributed by atoms with Crippen LogP contribution in [0.5, 0.6) is 0 Å². The molecule has 2 rings (SSSR count). The smallest absolute Gasteiger partial charge is 0.171 e. The third-order valence-electron chi connectivity index (χ3n) is 5.33. The first-order valence-electron chi connectivity index (χ1n) is 8.24. The van der Waals surface area contributed by atoms with Gasteiger partial charge in [0, 0.05) is 6.42 Å². The van der Waals surface area contributed by atoms with Crippen LogP contribution in [0, 0.1) is 11.8 Å².